The zero-order valence-corrected chi connectivity index (χ0v) is 4.70. The van der Waals surface area contributed by atoms with Gasteiger partial charge in [0.15, 0.2) is 0 Å². The Bertz CT molecular complexity index is 108. The molecule has 2 N–H and O–H groups in total. The van der Waals surface area contributed by atoms with Crippen LogP contribution >= 0.6 is 11.6 Å². The molecule has 0 spiro atoms. The van der Waals surface area contributed by atoms with E-state index in [1.807, 2.05) is 0 Å². The molecule has 0 aliphatic heterocycles. The molecule has 0 saturated heterocycles. The summed E-state index contributed by atoms with van der Waals surface area (Å²) < 4.78 is 0. The Balaban J connectivity index is 3.82. The number of hydrogen-bond acceptors (Lipinski definition) is 1. The van der Waals surface area contributed by atoms with E-state index < -0.39 is 5.91 Å². The van der Waals surface area contributed by atoms with Gasteiger partial charge < -0.3 is 5.73 Å². The fourth-order valence-electron chi connectivity index (χ4n) is 0.0538. The van der Waals surface area contributed by atoms with E-state index in [2.05, 4.69) is 0 Å². The van der Waals surface area contributed by atoms with Crippen LogP contribution in [0.5, 0.6) is 0 Å². The topological polar surface area (TPSA) is 43.1 Å². The molecule has 3 heteroatoms. The molecule has 40 valence electrons. The van der Waals surface area contributed by atoms with Crippen LogP contribution in [0.2, 0.25) is 0 Å². The monoisotopic (exact) mass is 119 g/mol. The summed E-state index contributed by atoms with van der Waals surface area (Å²) in [6.07, 6.45) is 0. The second-order valence-electron chi connectivity index (χ2n) is 1.16. The first-order valence-corrected chi connectivity index (χ1v) is 2.19. The molecule has 2 nitrogen and oxygen atoms in total. The van der Waals surface area contributed by atoms with Crippen LogP contribution in [0.3, 0.4) is 0 Å². The summed E-state index contributed by atoms with van der Waals surface area (Å²) in [5.41, 5.74) is 6.29. The molecule has 0 atom stereocenters. The number of halogens is 1. The average Bonchev–Trinajstić information content (AvgIpc) is 1.65. The summed E-state index contributed by atoms with van der Waals surface area (Å²) in [7, 11) is 0. The van der Waals surface area contributed by atoms with Gasteiger partial charge in [0.1, 0.15) is 0 Å². The molecule has 0 aliphatic rings. The normalized spacial score (nSPS) is 11.4. The number of primary amides is 1. The quantitative estimate of drug-likeness (QED) is 0.505. The SMILES string of the molecule is CC(=CCl)C(N)=O. The van der Waals surface area contributed by atoms with Crippen LogP contribution in [0.1, 0.15) is 6.92 Å². The number of rotatable bonds is 1. The molecule has 0 aliphatic carbocycles. The lowest BCUT2D eigenvalue weighted by Crippen LogP contribution is -2.10. The Labute approximate surface area is 46.9 Å². The molecular weight excluding hydrogens is 114 g/mol. The number of amides is 1. The van der Waals surface area contributed by atoms with Crippen LogP contribution in [0, 0.1) is 0 Å². The fraction of sp³-hybridized carbons (Fsp3) is 0.250. The molecule has 1 amide bonds. The van der Waals surface area contributed by atoms with E-state index in [4.69, 9.17) is 17.3 Å². The predicted molar refractivity (Wildman–Crippen MR) is 28.8 cm³/mol. The zero-order chi connectivity index (χ0) is 5.86. The van der Waals surface area contributed by atoms with E-state index in [0.29, 0.717) is 5.57 Å². The van der Waals surface area contributed by atoms with Gasteiger partial charge in [-0.1, -0.05) is 11.6 Å². The van der Waals surface area contributed by atoms with Crippen molar-refractivity contribution in [2.45, 2.75) is 6.92 Å². The highest BCUT2D eigenvalue weighted by Gasteiger charge is 1.91. The Morgan fingerprint density at radius 2 is 2.29 bits per heavy atom. The average molecular weight is 120 g/mol. The molecule has 0 heterocycles. The maximum absolute atomic E-state index is 10.00. The third-order valence-electron chi connectivity index (χ3n) is 0.552. The third-order valence-corrected chi connectivity index (χ3v) is 0.880. The highest BCUT2D eigenvalue weighted by atomic mass is 35.5. The van der Waals surface area contributed by atoms with Crippen LogP contribution < -0.4 is 5.73 Å². The smallest absolute Gasteiger partial charge is 0.245 e. The van der Waals surface area contributed by atoms with Crippen molar-refractivity contribution in [1.82, 2.24) is 0 Å². The van der Waals surface area contributed by atoms with E-state index in [9.17, 15) is 4.79 Å². The minimum Gasteiger partial charge on any atom is -0.366 e. The van der Waals surface area contributed by atoms with Crippen molar-refractivity contribution in [2.75, 3.05) is 0 Å². The van der Waals surface area contributed by atoms with Gasteiger partial charge in [-0.15, -0.1) is 0 Å². The summed E-state index contributed by atoms with van der Waals surface area (Å²) in [5, 5.41) is 0. The molecule has 0 aromatic rings. The molecule has 0 saturated carbocycles. The van der Waals surface area contributed by atoms with Crippen molar-refractivity contribution in [3.8, 4) is 0 Å². The van der Waals surface area contributed by atoms with Crippen LogP contribution in [0.15, 0.2) is 11.1 Å². The molecule has 0 rings (SSSR count). The minimum absolute atomic E-state index is 0.377. The summed E-state index contributed by atoms with van der Waals surface area (Å²) in [4.78, 5) is 10.00. The van der Waals surface area contributed by atoms with Crippen LogP contribution in [-0.2, 0) is 4.79 Å². The summed E-state index contributed by atoms with van der Waals surface area (Å²) in [6, 6.07) is 0. The minimum atomic E-state index is -0.477. The summed E-state index contributed by atoms with van der Waals surface area (Å²) in [5.74, 6) is -0.477. The second-order valence-corrected chi connectivity index (χ2v) is 1.37. The predicted octanol–water partition coefficient (Wildman–Crippen LogP) is 0.614. The molecule has 0 aromatic heterocycles. The molecule has 0 unspecified atom stereocenters. The fourth-order valence-corrected chi connectivity index (χ4v) is 0.161. The standard InChI is InChI=1S/C4H6ClNO/c1-3(2-5)4(6)7/h2H,1H3,(H2,6,7). The molecule has 0 bridgehead atoms. The van der Waals surface area contributed by atoms with Gasteiger partial charge in [-0.2, -0.15) is 0 Å². The van der Waals surface area contributed by atoms with Gasteiger partial charge in [0.2, 0.25) is 5.91 Å². The van der Waals surface area contributed by atoms with Crippen molar-refractivity contribution in [3.05, 3.63) is 11.1 Å². The Hall–Kier alpha value is -0.500. The van der Waals surface area contributed by atoms with E-state index in [0.717, 1.165) is 5.54 Å². The van der Waals surface area contributed by atoms with Crippen molar-refractivity contribution in [1.29, 1.82) is 0 Å². The molecule has 7 heavy (non-hydrogen) atoms. The van der Waals surface area contributed by atoms with Gasteiger partial charge in [0.05, 0.1) is 0 Å². The molecular formula is C4H6ClNO. The molecule has 0 fully saturated rings. The lowest BCUT2D eigenvalue weighted by Gasteiger charge is -1.84. The zero-order valence-electron chi connectivity index (χ0n) is 3.94. The first-order chi connectivity index (χ1) is 3.18. The lowest BCUT2D eigenvalue weighted by molar-refractivity contribution is -0.114. The van der Waals surface area contributed by atoms with Gasteiger partial charge in [-0.3, -0.25) is 4.79 Å². The van der Waals surface area contributed by atoms with Crippen LogP contribution in [0.4, 0.5) is 0 Å². The van der Waals surface area contributed by atoms with Crippen molar-refractivity contribution < 1.29 is 4.79 Å². The maximum Gasteiger partial charge on any atom is 0.245 e. The van der Waals surface area contributed by atoms with Crippen LogP contribution in [0.25, 0.3) is 0 Å². The Morgan fingerprint density at radius 3 is 2.29 bits per heavy atom. The van der Waals surface area contributed by atoms with Crippen LogP contribution in [-0.4, -0.2) is 5.91 Å². The number of hydrogen-bond donors (Lipinski definition) is 1. The highest BCUT2D eigenvalue weighted by molar-refractivity contribution is 6.27. The third kappa shape index (κ3) is 2.23. The number of nitrogens with two attached hydrogens (primary N) is 1. The first-order valence-electron chi connectivity index (χ1n) is 1.75. The van der Waals surface area contributed by atoms with Gasteiger partial charge >= 0.3 is 0 Å². The Kier molecular flexibility index (Phi) is 2.45. The van der Waals surface area contributed by atoms with Gasteiger partial charge in [0, 0.05) is 11.1 Å². The second kappa shape index (κ2) is 2.64. The maximum atomic E-state index is 10.00. The number of carbonyl (C=O) groups is 1. The van der Waals surface area contributed by atoms with E-state index in [1.165, 1.54) is 0 Å². The largest absolute Gasteiger partial charge is 0.366 e. The van der Waals surface area contributed by atoms with E-state index >= 15 is 0 Å². The van der Waals surface area contributed by atoms with Crippen molar-refractivity contribution in [3.63, 3.8) is 0 Å². The van der Waals surface area contributed by atoms with Crippen molar-refractivity contribution in [2.24, 2.45) is 5.73 Å². The molecule has 0 aromatic carbocycles. The first kappa shape index (κ1) is 6.50. The summed E-state index contributed by atoms with van der Waals surface area (Å²) in [6.45, 7) is 1.55. The van der Waals surface area contributed by atoms with Crippen molar-refractivity contribution >= 4 is 17.5 Å². The van der Waals surface area contributed by atoms with E-state index in [-0.39, 0.29) is 0 Å². The Morgan fingerprint density at radius 1 is 1.86 bits per heavy atom. The van der Waals surface area contributed by atoms with Gasteiger partial charge in [-0.25, -0.2) is 0 Å². The van der Waals surface area contributed by atoms with Gasteiger partial charge in [0.25, 0.3) is 0 Å². The van der Waals surface area contributed by atoms with E-state index in [1.54, 1.807) is 6.92 Å². The highest BCUT2D eigenvalue weighted by Crippen LogP contribution is 1.90. The number of carbonyl (C=O) groups excluding carboxylic acids is 1. The lowest BCUT2D eigenvalue weighted by atomic mass is 10.3. The van der Waals surface area contributed by atoms with Gasteiger partial charge in [-0.05, 0) is 6.92 Å². The summed E-state index contributed by atoms with van der Waals surface area (Å²) >= 11 is 5.08. The molecule has 0 radical (unpaired) electrons.